The highest BCUT2D eigenvalue weighted by molar-refractivity contribution is 7.89. The molecule has 1 amide bonds. The molecule has 138 valence electrons. The Kier molecular flexibility index (Phi) is 6.71. The summed E-state index contributed by atoms with van der Waals surface area (Å²) in [4.78, 5) is 12.7. The maximum Gasteiger partial charge on any atom is 0.251 e. The van der Waals surface area contributed by atoms with Gasteiger partial charge in [0, 0.05) is 12.1 Å². The standard InChI is InChI=1S/C20H24N2O3S/c1-4-13-21-26(24,25)18-8-6-7-17(14-18)20(23)22-19(5-2)16-11-9-15(3)10-12-16/h4,6-12,14,19,21H,1,5,13H2,2-3H3,(H,22,23). The van der Waals surface area contributed by atoms with Gasteiger partial charge in [0.25, 0.3) is 5.91 Å². The third-order valence-electron chi connectivity index (χ3n) is 4.02. The Labute approximate surface area is 155 Å². The Hall–Kier alpha value is -2.44. The third-order valence-corrected chi connectivity index (χ3v) is 5.44. The van der Waals surface area contributed by atoms with Gasteiger partial charge in [0.2, 0.25) is 10.0 Å². The summed E-state index contributed by atoms with van der Waals surface area (Å²) in [6.45, 7) is 7.62. The van der Waals surface area contributed by atoms with Crippen molar-refractivity contribution in [3.05, 3.63) is 77.9 Å². The van der Waals surface area contributed by atoms with Crippen LogP contribution in [0.4, 0.5) is 0 Å². The number of aryl methyl sites for hydroxylation is 1. The minimum Gasteiger partial charge on any atom is -0.345 e. The Balaban J connectivity index is 2.20. The van der Waals surface area contributed by atoms with Crippen LogP contribution in [0.2, 0.25) is 0 Å². The summed E-state index contributed by atoms with van der Waals surface area (Å²) in [6, 6.07) is 13.8. The maximum atomic E-state index is 12.6. The first-order valence-electron chi connectivity index (χ1n) is 8.45. The van der Waals surface area contributed by atoms with E-state index in [1.165, 1.54) is 18.2 Å². The Morgan fingerprint density at radius 3 is 2.50 bits per heavy atom. The number of nitrogens with one attached hydrogen (secondary N) is 2. The number of amides is 1. The van der Waals surface area contributed by atoms with Crippen LogP contribution in [0.25, 0.3) is 0 Å². The molecule has 5 nitrogen and oxygen atoms in total. The first-order chi connectivity index (χ1) is 12.4. The first-order valence-corrected chi connectivity index (χ1v) is 9.93. The second-order valence-electron chi connectivity index (χ2n) is 6.01. The molecule has 0 saturated carbocycles. The number of rotatable bonds is 8. The SMILES string of the molecule is C=CCNS(=O)(=O)c1cccc(C(=O)NC(CC)c2ccc(C)cc2)c1. The van der Waals surface area contributed by atoms with Crippen molar-refractivity contribution in [2.24, 2.45) is 0 Å². The average molecular weight is 372 g/mol. The lowest BCUT2D eigenvalue weighted by atomic mass is 10.0. The van der Waals surface area contributed by atoms with Gasteiger partial charge in [-0.2, -0.15) is 0 Å². The van der Waals surface area contributed by atoms with E-state index in [-0.39, 0.29) is 23.4 Å². The summed E-state index contributed by atoms with van der Waals surface area (Å²) >= 11 is 0. The molecule has 2 aromatic carbocycles. The van der Waals surface area contributed by atoms with Crippen molar-refractivity contribution >= 4 is 15.9 Å². The Morgan fingerprint density at radius 1 is 1.19 bits per heavy atom. The molecule has 1 unspecified atom stereocenters. The van der Waals surface area contributed by atoms with Crippen molar-refractivity contribution in [2.45, 2.75) is 31.2 Å². The van der Waals surface area contributed by atoms with E-state index >= 15 is 0 Å². The molecule has 0 radical (unpaired) electrons. The molecule has 0 bridgehead atoms. The number of carbonyl (C=O) groups is 1. The lowest BCUT2D eigenvalue weighted by Gasteiger charge is -2.18. The predicted molar refractivity (Wildman–Crippen MR) is 104 cm³/mol. The van der Waals surface area contributed by atoms with Crippen LogP contribution in [-0.2, 0) is 10.0 Å². The molecule has 1 atom stereocenters. The highest BCUT2D eigenvalue weighted by atomic mass is 32.2. The molecule has 26 heavy (non-hydrogen) atoms. The van der Waals surface area contributed by atoms with Gasteiger partial charge in [-0.3, -0.25) is 4.79 Å². The van der Waals surface area contributed by atoms with Crippen LogP contribution in [-0.4, -0.2) is 20.9 Å². The average Bonchev–Trinajstić information content (AvgIpc) is 2.65. The second-order valence-corrected chi connectivity index (χ2v) is 7.78. The molecule has 2 rings (SSSR count). The van der Waals surface area contributed by atoms with Crippen molar-refractivity contribution in [3.8, 4) is 0 Å². The summed E-state index contributed by atoms with van der Waals surface area (Å²) in [5.41, 5.74) is 2.47. The summed E-state index contributed by atoms with van der Waals surface area (Å²) in [6.07, 6.45) is 2.19. The van der Waals surface area contributed by atoms with Gasteiger partial charge in [0.1, 0.15) is 0 Å². The quantitative estimate of drug-likeness (QED) is 0.698. The van der Waals surface area contributed by atoms with Gasteiger partial charge in [-0.1, -0.05) is 48.9 Å². The molecule has 0 aliphatic carbocycles. The summed E-state index contributed by atoms with van der Waals surface area (Å²) in [7, 11) is -3.67. The van der Waals surface area contributed by atoms with Crippen LogP contribution < -0.4 is 10.0 Å². The van der Waals surface area contributed by atoms with Crippen molar-refractivity contribution < 1.29 is 13.2 Å². The topological polar surface area (TPSA) is 75.3 Å². The molecule has 2 N–H and O–H groups in total. The van der Waals surface area contributed by atoms with Gasteiger partial charge in [-0.15, -0.1) is 6.58 Å². The fourth-order valence-corrected chi connectivity index (χ4v) is 3.56. The molecule has 2 aromatic rings. The van der Waals surface area contributed by atoms with E-state index in [1.807, 2.05) is 38.1 Å². The summed E-state index contributed by atoms with van der Waals surface area (Å²) in [5, 5.41) is 2.97. The highest BCUT2D eigenvalue weighted by Gasteiger charge is 2.18. The third kappa shape index (κ3) is 5.03. The lowest BCUT2D eigenvalue weighted by molar-refractivity contribution is 0.0935. The fourth-order valence-electron chi connectivity index (χ4n) is 2.52. The number of hydrogen-bond acceptors (Lipinski definition) is 3. The van der Waals surface area contributed by atoms with Crippen LogP contribution in [0.1, 0.15) is 40.9 Å². The molecule has 6 heteroatoms. The molecule has 0 saturated heterocycles. The molecule has 0 aliphatic heterocycles. The second kappa shape index (κ2) is 8.78. The van der Waals surface area contributed by atoms with Crippen molar-refractivity contribution in [2.75, 3.05) is 6.54 Å². The summed E-state index contributed by atoms with van der Waals surface area (Å²) in [5.74, 6) is -0.307. The highest BCUT2D eigenvalue weighted by Crippen LogP contribution is 2.19. The molecule has 0 aromatic heterocycles. The predicted octanol–water partition coefficient (Wildman–Crippen LogP) is 3.34. The van der Waals surface area contributed by atoms with E-state index in [1.54, 1.807) is 12.1 Å². The van der Waals surface area contributed by atoms with Gasteiger partial charge in [0.15, 0.2) is 0 Å². The van der Waals surface area contributed by atoms with Crippen LogP contribution in [0.3, 0.4) is 0 Å². The fraction of sp³-hybridized carbons (Fsp3) is 0.250. The molecular formula is C20H24N2O3S. The van der Waals surface area contributed by atoms with Crippen LogP contribution in [0.15, 0.2) is 66.1 Å². The Morgan fingerprint density at radius 2 is 1.88 bits per heavy atom. The monoisotopic (exact) mass is 372 g/mol. The van der Waals surface area contributed by atoms with Gasteiger partial charge >= 0.3 is 0 Å². The Bertz CT molecular complexity index is 874. The van der Waals surface area contributed by atoms with Crippen molar-refractivity contribution in [3.63, 3.8) is 0 Å². The van der Waals surface area contributed by atoms with Gasteiger partial charge in [-0.25, -0.2) is 13.1 Å². The van der Waals surface area contributed by atoms with E-state index in [2.05, 4.69) is 16.6 Å². The van der Waals surface area contributed by atoms with Crippen molar-refractivity contribution in [1.29, 1.82) is 0 Å². The van der Waals surface area contributed by atoms with Gasteiger partial charge in [-0.05, 0) is 37.1 Å². The van der Waals surface area contributed by atoms with Gasteiger partial charge < -0.3 is 5.32 Å². The van der Waals surface area contributed by atoms with Crippen molar-refractivity contribution in [1.82, 2.24) is 10.0 Å². The van der Waals surface area contributed by atoms with E-state index < -0.39 is 10.0 Å². The van der Waals surface area contributed by atoms with Crippen LogP contribution >= 0.6 is 0 Å². The lowest BCUT2D eigenvalue weighted by Crippen LogP contribution is -2.29. The number of benzene rings is 2. The minimum atomic E-state index is -3.67. The molecule has 0 aliphatic rings. The molecular weight excluding hydrogens is 348 g/mol. The smallest absolute Gasteiger partial charge is 0.251 e. The van der Waals surface area contributed by atoms with Crippen LogP contribution in [0, 0.1) is 6.92 Å². The minimum absolute atomic E-state index is 0.0513. The van der Waals surface area contributed by atoms with Gasteiger partial charge in [0.05, 0.1) is 10.9 Å². The largest absolute Gasteiger partial charge is 0.345 e. The molecule has 0 heterocycles. The zero-order valence-electron chi connectivity index (χ0n) is 15.0. The zero-order valence-corrected chi connectivity index (χ0v) is 15.8. The van der Waals surface area contributed by atoms with E-state index in [0.717, 1.165) is 17.5 Å². The van der Waals surface area contributed by atoms with E-state index in [9.17, 15) is 13.2 Å². The molecule has 0 fully saturated rings. The summed E-state index contributed by atoms with van der Waals surface area (Å²) < 4.78 is 26.8. The number of sulfonamides is 1. The maximum absolute atomic E-state index is 12.6. The number of carbonyl (C=O) groups excluding carboxylic acids is 1. The molecule has 0 spiro atoms. The normalized spacial score (nSPS) is 12.4. The first kappa shape index (κ1) is 19.9. The van der Waals surface area contributed by atoms with E-state index in [0.29, 0.717) is 5.56 Å². The number of hydrogen-bond donors (Lipinski definition) is 2. The zero-order chi connectivity index (χ0) is 19.2. The van der Waals surface area contributed by atoms with Crippen LogP contribution in [0.5, 0.6) is 0 Å². The van der Waals surface area contributed by atoms with E-state index in [4.69, 9.17) is 0 Å².